The zero-order chi connectivity index (χ0) is 6.72. The molecular weight excluding hydrogens is 136 g/mol. The highest BCUT2D eigenvalue weighted by Gasteiger charge is 2.62. The average Bonchev–Trinajstić information content (AvgIpc) is 2.59. The molecule has 3 rings (SSSR count). The van der Waals surface area contributed by atoms with E-state index in [0.717, 1.165) is 0 Å². The van der Waals surface area contributed by atoms with E-state index in [0.29, 0.717) is 6.42 Å². The summed E-state index contributed by atoms with van der Waals surface area (Å²) in [7, 11) is 0. The van der Waals surface area contributed by atoms with E-state index in [2.05, 4.69) is 0 Å². The van der Waals surface area contributed by atoms with Crippen molar-refractivity contribution in [2.45, 2.75) is 31.0 Å². The van der Waals surface area contributed by atoms with Gasteiger partial charge in [0, 0.05) is 0 Å². The Hall–Kier alpha value is -0.610. The Bertz CT molecular complexity index is 184. The summed E-state index contributed by atoms with van der Waals surface area (Å²) in [6.45, 7) is 0. The molecule has 3 saturated heterocycles. The minimum absolute atomic E-state index is 0.0174. The van der Waals surface area contributed by atoms with E-state index in [4.69, 9.17) is 14.2 Å². The average molecular weight is 142 g/mol. The minimum Gasteiger partial charge on any atom is -0.433 e. The molecule has 0 amide bonds. The van der Waals surface area contributed by atoms with Crippen molar-refractivity contribution in [1.82, 2.24) is 0 Å². The summed E-state index contributed by atoms with van der Waals surface area (Å²) in [6.07, 6.45) is 0.151. The Morgan fingerprint density at radius 2 is 2.20 bits per heavy atom. The van der Waals surface area contributed by atoms with Crippen LogP contribution in [0.4, 0.5) is 0 Å². The van der Waals surface area contributed by atoms with Crippen LogP contribution >= 0.6 is 0 Å². The Balaban J connectivity index is 1.93. The molecule has 4 nitrogen and oxygen atoms in total. The standard InChI is InChI=1S/C6H6O4/c7-3-1-2-4-5(10-4)6(8-2)9-3/h2,4-6H,1H2/t2-,4-,5-,6+/m1/s1. The molecule has 0 aromatic rings. The molecule has 54 valence electrons. The Kier molecular flexibility index (Phi) is 0.690. The summed E-state index contributed by atoms with van der Waals surface area (Å²) in [5, 5.41) is 0. The second kappa shape index (κ2) is 1.35. The zero-order valence-corrected chi connectivity index (χ0v) is 5.15. The third-order valence-corrected chi connectivity index (χ3v) is 2.12. The molecule has 3 fully saturated rings. The van der Waals surface area contributed by atoms with Crippen LogP contribution in [-0.2, 0) is 19.0 Å². The van der Waals surface area contributed by atoms with Crippen LogP contribution in [-0.4, -0.2) is 30.6 Å². The molecule has 4 heteroatoms. The van der Waals surface area contributed by atoms with Crippen LogP contribution in [0.25, 0.3) is 0 Å². The molecule has 0 saturated carbocycles. The smallest absolute Gasteiger partial charge is 0.310 e. The van der Waals surface area contributed by atoms with Crippen molar-refractivity contribution in [2.75, 3.05) is 0 Å². The number of fused-ring (bicyclic) bond motifs is 5. The van der Waals surface area contributed by atoms with Crippen molar-refractivity contribution in [3.8, 4) is 0 Å². The molecule has 10 heavy (non-hydrogen) atoms. The fraction of sp³-hybridized carbons (Fsp3) is 0.833. The first-order chi connectivity index (χ1) is 4.84. The van der Waals surface area contributed by atoms with Gasteiger partial charge in [0.15, 0.2) is 0 Å². The van der Waals surface area contributed by atoms with Crippen LogP contribution < -0.4 is 0 Å². The third kappa shape index (κ3) is 0.468. The molecular formula is C6H6O4. The van der Waals surface area contributed by atoms with Gasteiger partial charge in [0.25, 0.3) is 0 Å². The quantitative estimate of drug-likeness (QED) is 0.335. The predicted octanol–water partition coefficient (Wildman–Crippen LogP) is -0.574. The van der Waals surface area contributed by atoms with Crippen molar-refractivity contribution in [3.63, 3.8) is 0 Å². The molecule has 0 unspecified atom stereocenters. The maximum Gasteiger partial charge on any atom is 0.310 e. The fourth-order valence-corrected chi connectivity index (χ4v) is 1.58. The van der Waals surface area contributed by atoms with E-state index >= 15 is 0 Å². The van der Waals surface area contributed by atoms with Gasteiger partial charge in [0.2, 0.25) is 6.29 Å². The van der Waals surface area contributed by atoms with Gasteiger partial charge in [-0.1, -0.05) is 0 Å². The second-order valence-electron chi connectivity index (χ2n) is 2.80. The maximum atomic E-state index is 10.7. The third-order valence-electron chi connectivity index (χ3n) is 2.12. The Labute approximate surface area is 57.0 Å². The van der Waals surface area contributed by atoms with Gasteiger partial charge in [-0.3, -0.25) is 4.79 Å². The van der Waals surface area contributed by atoms with E-state index in [1.807, 2.05) is 0 Å². The summed E-state index contributed by atoms with van der Waals surface area (Å²) >= 11 is 0. The predicted molar refractivity (Wildman–Crippen MR) is 28.0 cm³/mol. The number of hydrogen-bond donors (Lipinski definition) is 0. The first-order valence-electron chi connectivity index (χ1n) is 3.35. The van der Waals surface area contributed by atoms with Gasteiger partial charge in [0.05, 0.1) is 6.42 Å². The molecule has 0 spiro atoms. The number of hydrogen-bond acceptors (Lipinski definition) is 4. The van der Waals surface area contributed by atoms with Crippen LogP contribution in [0.2, 0.25) is 0 Å². The lowest BCUT2D eigenvalue weighted by Gasteiger charge is -2.22. The molecule has 0 N–H and O–H groups in total. The summed E-state index contributed by atoms with van der Waals surface area (Å²) < 4.78 is 15.3. The fourth-order valence-electron chi connectivity index (χ4n) is 1.58. The van der Waals surface area contributed by atoms with Gasteiger partial charge in [-0.25, -0.2) is 0 Å². The summed E-state index contributed by atoms with van der Waals surface area (Å²) in [5.74, 6) is -0.156. The van der Waals surface area contributed by atoms with Crippen molar-refractivity contribution < 1.29 is 19.0 Å². The zero-order valence-electron chi connectivity index (χ0n) is 5.15. The van der Waals surface area contributed by atoms with Gasteiger partial charge < -0.3 is 14.2 Å². The van der Waals surface area contributed by atoms with Crippen molar-refractivity contribution in [3.05, 3.63) is 0 Å². The largest absolute Gasteiger partial charge is 0.433 e. The first-order valence-corrected chi connectivity index (χ1v) is 3.35. The summed E-state index contributed by atoms with van der Waals surface area (Å²) in [6, 6.07) is 0. The molecule has 2 bridgehead atoms. The highest BCUT2D eigenvalue weighted by Crippen LogP contribution is 2.43. The number of esters is 1. The second-order valence-corrected chi connectivity index (χ2v) is 2.80. The highest BCUT2D eigenvalue weighted by atomic mass is 16.8. The minimum atomic E-state index is -0.392. The molecule has 4 atom stereocenters. The lowest BCUT2D eigenvalue weighted by molar-refractivity contribution is -0.214. The number of carbonyl (C=O) groups is 1. The molecule has 3 aliphatic rings. The lowest BCUT2D eigenvalue weighted by atomic mass is 10.2. The monoisotopic (exact) mass is 142 g/mol. The molecule has 0 aliphatic carbocycles. The van der Waals surface area contributed by atoms with Gasteiger partial charge in [-0.15, -0.1) is 0 Å². The molecule has 3 heterocycles. The topological polar surface area (TPSA) is 48.1 Å². The van der Waals surface area contributed by atoms with E-state index in [1.54, 1.807) is 0 Å². The van der Waals surface area contributed by atoms with Crippen LogP contribution in [0, 0.1) is 0 Å². The van der Waals surface area contributed by atoms with Gasteiger partial charge in [0.1, 0.15) is 18.3 Å². The molecule has 0 aromatic carbocycles. The van der Waals surface area contributed by atoms with Crippen LogP contribution in [0.15, 0.2) is 0 Å². The Morgan fingerprint density at radius 3 is 3.00 bits per heavy atom. The van der Waals surface area contributed by atoms with Gasteiger partial charge >= 0.3 is 5.97 Å². The van der Waals surface area contributed by atoms with Gasteiger partial charge in [-0.05, 0) is 0 Å². The summed E-state index contributed by atoms with van der Waals surface area (Å²) in [5.41, 5.74) is 0. The number of epoxide rings is 1. The molecule has 3 aliphatic heterocycles. The normalized spacial score (nSPS) is 55.8. The molecule has 0 radical (unpaired) electrons. The van der Waals surface area contributed by atoms with Gasteiger partial charge in [-0.2, -0.15) is 0 Å². The van der Waals surface area contributed by atoms with E-state index in [9.17, 15) is 4.79 Å². The van der Waals surface area contributed by atoms with E-state index < -0.39 is 6.29 Å². The highest BCUT2D eigenvalue weighted by molar-refractivity contribution is 5.71. The summed E-state index contributed by atoms with van der Waals surface area (Å²) in [4.78, 5) is 10.7. The van der Waals surface area contributed by atoms with Crippen molar-refractivity contribution in [2.24, 2.45) is 0 Å². The molecule has 0 aromatic heterocycles. The SMILES string of the molecule is O=C1C[C@H]2O[C@@H](O1)[C@@H]1O[C@@H]12. The van der Waals surface area contributed by atoms with E-state index in [1.165, 1.54) is 0 Å². The van der Waals surface area contributed by atoms with Crippen LogP contribution in [0.1, 0.15) is 6.42 Å². The number of ether oxygens (including phenoxy) is 3. The number of carbonyl (C=O) groups excluding carboxylic acids is 1. The van der Waals surface area contributed by atoms with E-state index in [-0.39, 0.29) is 24.3 Å². The van der Waals surface area contributed by atoms with Crippen molar-refractivity contribution in [1.29, 1.82) is 0 Å². The van der Waals surface area contributed by atoms with Crippen LogP contribution in [0.5, 0.6) is 0 Å². The lowest BCUT2D eigenvalue weighted by Crippen LogP contribution is -2.33. The Morgan fingerprint density at radius 1 is 1.30 bits per heavy atom. The van der Waals surface area contributed by atoms with Crippen molar-refractivity contribution >= 4 is 5.97 Å². The first kappa shape index (κ1) is 5.09. The van der Waals surface area contributed by atoms with Crippen LogP contribution in [0.3, 0.4) is 0 Å². The number of rotatable bonds is 0. The maximum absolute atomic E-state index is 10.7.